The summed E-state index contributed by atoms with van der Waals surface area (Å²) in [6.07, 6.45) is 7.99. The zero-order valence-electron chi connectivity index (χ0n) is 13.7. The van der Waals surface area contributed by atoms with Crippen molar-refractivity contribution in [2.45, 2.75) is 68.8 Å². The Morgan fingerprint density at radius 3 is 2.43 bits per heavy atom. The molecule has 2 aliphatic rings. The summed E-state index contributed by atoms with van der Waals surface area (Å²) in [6, 6.07) is 10.3. The molecule has 23 heavy (non-hydrogen) atoms. The molecule has 2 N–H and O–H groups in total. The van der Waals surface area contributed by atoms with Crippen LogP contribution in [0.3, 0.4) is 0 Å². The van der Waals surface area contributed by atoms with Crippen molar-refractivity contribution in [2.75, 3.05) is 4.90 Å². The first kappa shape index (κ1) is 16.8. The highest BCUT2D eigenvalue weighted by atomic mass is 35.5. The van der Waals surface area contributed by atoms with Crippen molar-refractivity contribution in [3.05, 3.63) is 30.3 Å². The van der Waals surface area contributed by atoms with E-state index in [0.29, 0.717) is 0 Å². The second-order valence-electron chi connectivity index (χ2n) is 7.01. The summed E-state index contributed by atoms with van der Waals surface area (Å²) in [6.45, 7) is 0. The van der Waals surface area contributed by atoms with Crippen LogP contribution in [0.1, 0.15) is 51.4 Å². The lowest BCUT2D eigenvalue weighted by Crippen LogP contribution is -2.50. The number of carbonyl (C=O) groups excluding carboxylic acids is 1. The normalized spacial score (nSPS) is 31.6. The molecule has 2 aliphatic carbocycles. The van der Waals surface area contributed by atoms with Gasteiger partial charge in [-0.25, -0.2) is 0 Å². The maximum Gasteiger partial charge on any atom is 0.230 e. The van der Waals surface area contributed by atoms with Crippen LogP contribution in [0.25, 0.3) is 0 Å². The highest BCUT2D eigenvalue weighted by molar-refractivity contribution is 6.20. The first-order chi connectivity index (χ1) is 11.2. The van der Waals surface area contributed by atoms with E-state index in [2.05, 4.69) is 0 Å². The molecule has 3 rings (SSSR count). The molecule has 1 amide bonds. The molecule has 1 aromatic rings. The molecule has 1 aromatic carbocycles. The van der Waals surface area contributed by atoms with E-state index >= 15 is 0 Å². The smallest absolute Gasteiger partial charge is 0.230 e. The Morgan fingerprint density at radius 2 is 1.74 bits per heavy atom. The van der Waals surface area contributed by atoms with Gasteiger partial charge in [-0.1, -0.05) is 24.6 Å². The van der Waals surface area contributed by atoms with Crippen LogP contribution in [-0.2, 0) is 4.79 Å². The van der Waals surface area contributed by atoms with Crippen LogP contribution in [0.15, 0.2) is 30.3 Å². The van der Waals surface area contributed by atoms with Gasteiger partial charge in [0, 0.05) is 23.0 Å². The average Bonchev–Trinajstić information content (AvgIpc) is 2.85. The summed E-state index contributed by atoms with van der Waals surface area (Å²) in [7, 11) is 0. The Kier molecular flexibility index (Phi) is 5.60. The lowest BCUT2D eigenvalue weighted by Gasteiger charge is -2.34. The van der Waals surface area contributed by atoms with Crippen molar-refractivity contribution in [3.8, 4) is 0 Å². The number of carbonyl (C=O) groups is 1. The second kappa shape index (κ2) is 7.67. The van der Waals surface area contributed by atoms with E-state index < -0.39 is 0 Å². The molecular formula is C19H27ClN2O. The summed E-state index contributed by atoms with van der Waals surface area (Å²) < 4.78 is 0. The topological polar surface area (TPSA) is 46.3 Å². The number of hydrogen-bond acceptors (Lipinski definition) is 2. The molecule has 0 radical (unpaired) electrons. The number of hydrogen-bond donors (Lipinski definition) is 1. The van der Waals surface area contributed by atoms with Crippen molar-refractivity contribution in [3.63, 3.8) is 0 Å². The molecule has 3 nitrogen and oxygen atoms in total. The van der Waals surface area contributed by atoms with Gasteiger partial charge in [0.15, 0.2) is 0 Å². The van der Waals surface area contributed by atoms with Gasteiger partial charge >= 0.3 is 0 Å². The van der Waals surface area contributed by atoms with Gasteiger partial charge in [-0.15, -0.1) is 11.6 Å². The fourth-order valence-corrected chi connectivity index (χ4v) is 4.34. The highest BCUT2D eigenvalue weighted by Crippen LogP contribution is 2.33. The molecule has 4 heteroatoms. The quantitative estimate of drug-likeness (QED) is 0.668. The maximum absolute atomic E-state index is 13.3. The molecule has 0 spiro atoms. The molecule has 0 bridgehead atoms. The fraction of sp³-hybridized carbons (Fsp3) is 0.632. The predicted octanol–water partition coefficient (Wildman–Crippen LogP) is 4.09. The van der Waals surface area contributed by atoms with Gasteiger partial charge in [0.1, 0.15) is 0 Å². The van der Waals surface area contributed by atoms with Crippen molar-refractivity contribution in [1.82, 2.24) is 0 Å². The van der Waals surface area contributed by atoms with Gasteiger partial charge in [-0.2, -0.15) is 0 Å². The number of para-hydroxylation sites is 1. The van der Waals surface area contributed by atoms with Crippen molar-refractivity contribution in [1.29, 1.82) is 0 Å². The largest absolute Gasteiger partial charge is 0.326 e. The highest BCUT2D eigenvalue weighted by Gasteiger charge is 2.36. The minimum absolute atomic E-state index is 0.0886. The number of benzene rings is 1. The maximum atomic E-state index is 13.3. The Hall–Kier alpha value is -1.06. The SMILES string of the molecule is NC1CCCC1N(C(=O)C1CCCC(Cl)CC1)c1ccccc1. The lowest BCUT2D eigenvalue weighted by atomic mass is 9.96. The van der Waals surface area contributed by atoms with Crippen LogP contribution in [-0.4, -0.2) is 23.4 Å². The molecule has 2 fully saturated rings. The van der Waals surface area contributed by atoms with Crippen LogP contribution < -0.4 is 10.6 Å². The summed E-state index contributed by atoms with van der Waals surface area (Å²) in [5.41, 5.74) is 7.31. The monoisotopic (exact) mass is 334 g/mol. The average molecular weight is 335 g/mol. The standard InChI is InChI=1S/C19H27ClN2O/c20-15-7-4-6-14(12-13-15)19(23)22(16-8-2-1-3-9-16)18-11-5-10-17(18)21/h1-3,8-9,14-15,17-18H,4-7,10-13,21H2. The number of nitrogens with zero attached hydrogens (tertiary/aromatic N) is 1. The van der Waals surface area contributed by atoms with E-state index in [1.807, 2.05) is 35.2 Å². The molecule has 0 aromatic heterocycles. The summed E-state index contributed by atoms with van der Waals surface area (Å²) >= 11 is 6.29. The van der Waals surface area contributed by atoms with Gasteiger partial charge in [0.05, 0.1) is 6.04 Å². The molecule has 4 unspecified atom stereocenters. The fourth-order valence-electron chi connectivity index (χ4n) is 4.06. The Labute approximate surface area is 144 Å². The number of alkyl halides is 1. The Balaban J connectivity index is 1.84. The number of amides is 1. The molecule has 126 valence electrons. The molecule has 0 saturated heterocycles. The number of anilines is 1. The number of nitrogens with two attached hydrogens (primary N) is 1. The molecule has 0 aliphatic heterocycles. The zero-order valence-corrected chi connectivity index (χ0v) is 14.4. The summed E-state index contributed by atoms with van der Waals surface area (Å²) in [5.74, 6) is 0.344. The van der Waals surface area contributed by atoms with Gasteiger partial charge < -0.3 is 10.6 Å². The molecular weight excluding hydrogens is 308 g/mol. The van der Waals surface area contributed by atoms with Crippen LogP contribution in [0.4, 0.5) is 5.69 Å². The Bertz CT molecular complexity index is 521. The molecule has 2 saturated carbocycles. The first-order valence-corrected chi connectivity index (χ1v) is 9.38. The third kappa shape index (κ3) is 3.89. The van der Waals surface area contributed by atoms with E-state index in [0.717, 1.165) is 57.1 Å². The third-order valence-corrected chi connectivity index (χ3v) is 5.82. The minimum atomic E-state index is 0.0886. The minimum Gasteiger partial charge on any atom is -0.326 e. The number of rotatable bonds is 3. The van der Waals surface area contributed by atoms with E-state index in [1.54, 1.807) is 0 Å². The van der Waals surface area contributed by atoms with Crippen LogP contribution in [0.5, 0.6) is 0 Å². The van der Waals surface area contributed by atoms with Crippen LogP contribution in [0.2, 0.25) is 0 Å². The third-order valence-electron chi connectivity index (χ3n) is 5.38. The van der Waals surface area contributed by atoms with Crippen molar-refractivity contribution < 1.29 is 4.79 Å². The van der Waals surface area contributed by atoms with Gasteiger partial charge in [0.25, 0.3) is 0 Å². The van der Waals surface area contributed by atoms with Crippen molar-refractivity contribution in [2.24, 2.45) is 11.7 Å². The van der Waals surface area contributed by atoms with E-state index in [9.17, 15) is 4.79 Å². The van der Waals surface area contributed by atoms with Crippen LogP contribution in [0, 0.1) is 5.92 Å². The van der Waals surface area contributed by atoms with Gasteiger partial charge in [-0.3, -0.25) is 4.79 Å². The van der Waals surface area contributed by atoms with Crippen molar-refractivity contribution >= 4 is 23.2 Å². The van der Waals surface area contributed by atoms with E-state index in [4.69, 9.17) is 17.3 Å². The molecule has 0 heterocycles. The Morgan fingerprint density at radius 1 is 1.00 bits per heavy atom. The van der Waals surface area contributed by atoms with E-state index in [-0.39, 0.29) is 29.3 Å². The van der Waals surface area contributed by atoms with Crippen LogP contribution >= 0.6 is 11.6 Å². The first-order valence-electron chi connectivity index (χ1n) is 8.94. The lowest BCUT2D eigenvalue weighted by molar-refractivity contribution is -0.123. The van der Waals surface area contributed by atoms with Gasteiger partial charge in [-0.05, 0) is 57.1 Å². The predicted molar refractivity (Wildman–Crippen MR) is 95.8 cm³/mol. The van der Waals surface area contributed by atoms with Gasteiger partial charge in [0.2, 0.25) is 5.91 Å². The summed E-state index contributed by atoms with van der Waals surface area (Å²) in [5, 5.41) is 0.228. The zero-order chi connectivity index (χ0) is 16.2. The summed E-state index contributed by atoms with van der Waals surface area (Å²) in [4.78, 5) is 15.3. The van der Waals surface area contributed by atoms with E-state index in [1.165, 1.54) is 0 Å². The second-order valence-corrected chi connectivity index (χ2v) is 7.63. The number of halogens is 1. The molecule has 4 atom stereocenters.